The number of hydrogen-bond acceptors (Lipinski definition) is 4. The highest BCUT2D eigenvalue weighted by Crippen LogP contribution is 2.24. The Labute approximate surface area is 152 Å². The molecule has 0 saturated heterocycles. The molecule has 4 nitrogen and oxygen atoms in total. The Morgan fingerprint density at radius 2 is 1.15 bits per heavy atom. The zero-order valence-corrected chi connectivity index (χ0v) is 13.8. The Bertz CT molecular complexity index is 1170. The molecule has 0 aromatic rings. The van der Waals surface area contributed by atoms with Crippen molar-refractivity contribution in [2.75, 3.05) is 0 Å². The fourth-order valence-electron chi connectivity index (χ4n) is 3.00. The van der Waals surface area contributed by atoms with Gasteiger partial charge >= 0.3 is 0 Å². The summed E-state index contributed by atoms with van der Waals surface area (Å²) in [7, 11) is 0. The number of aliphatic imine (C=N–C) groups is 4. The molecule has 0 atom stereocenters. The zero-order chi connectivity index (χ0) is 18.4. The molecule has 122 valence electrons. The summed E-state index contributed by atoms with van der Waals surface area (Å²) in [5.74, 6) is 0. The maximum absolute atomic E-state index is 8.41. The van der Waals surface area contributed by atoms with Crippen molar-refractivity contribution in [2.24, 2.45) is 20.0 Å². The van der Waals surface area contributed by atoms with Crippen molar-refractivity contribution in [2.45, 2.75) is 0 Å². The topological polar surface area (TPSA) is 49.4 Å². The molecule has 5 aliphatic heterocycles. The van der Waals surface area contributed by atoms with E-state index in [0.29, 0.717) is 23.0 Å². The Balaban J connectivity index is 1.70. The fourth-order valence-corrected chi connectivity index (χ4v) is 3.00. The summed E-state index contributed by atoms with van der Waals surface area (Å²) in [6, 6.07) is 0.342. The van der Waals surface area contributed by atoms with E-state index in [0.717, 1.165) is 34.2 Å². The number of allylic oxidation sites excluding steroid dienone is 12. The van der Waals surface area contributed by atoms with Gasteiger partial charge in [0.2, 0.25) is 0 Å². The molecule has 0 saturated carbocycles. The number of fused-ring (bicyclic) bond motifs is 4. The summed E-state index contributed by atoms with van der Waals surface area (Å²) in [5.41, 5.74) is 6.84. The lowest BCUT2D eigenvalue weighted by Crippen LogP contribution is -1.89. The predicted octanol–water partition coefficient (Wildman–Crippen LogP) is 4.14. The third-order valence-corrected chi connectivity index (χ3v) is 4.19. The van der Waals surface area contributed by atoms with Gasteiger partial charge in [0.25, 0.3) is 0 Å². The summed E-state index contributed by atoms with van der Waals surface area (Å²) in [6.45, 7) is 3.83. The van der Waals surface area contributed by atoms with Gasteiger partial charge in [0, 0.05) is 5.57 Å². The van der Waals surface area contributed by atoms with Crippen LogP contribution >= 0.6 is 0 Å². The van der Waals surface area contributed by atoms with Crippen LogP contribution in [0.25, 0.3) is 0 Å². The molecule has 0 aliphatic carbocycles. The first-order valence-electron chi connectivity index (χ1n) is 8.78. The van der Waals surface area contributed by atoms with Gasteiger partial charge < -0.3 is 0 Å². The van der Waals surface area contributed by atoms with Crippen LogP contribution < -0.4 is 0 Å². The number of hydrogen-bond donors (Lipinski definition) is 0. The first-order chi connectivity index (χ1) is 13.2. The third-order valence-electron chi connectivity index (χ3n) is 4.19. The summed E-state index contributed by atoms with van der Waals surface area (Å²) in [5, 5.41) is 0. The normalized spacial score (nSPS) is 23.0. The van der Waals surface area contributed by atoms with E-state index in [-0.39, 0.29) is 0 Å². The van der Waals surface area contributed by atoms with Gasteiger partial charge in [-0.25, -0.2) is 20.0 Å². The summed E-state index contributed by atoms with van der Waals surface area (Å²) in [6.07, 6.45) is 20.9. The second-order valence-electron chi connectivity index (χ2n) is 6.09. The maximum Gasteiger partial charge on any atom is 0.0731 e. The minimum Gasteiger partial charge on any atom is -0.249 e. The van der Waals surface area contributed by atoms with Gasteiger partial charge in [-0.05, 0) is 66.8 Å². The molecule has 0 radical (unpaired) electrons. The third kappa shape index (κ3) is 2.67. The van der Waals surface area contributed by atoms with Crippen LogP contribution in [0.3, 0.4) is 0 Å². The molecule has 0 aromatic carbocycles. The van der Waals surface area contributed by atoms with E-state index in [9.17, 15) is 0 Å². The van der Waals surface area contributed by atoms with E-state index in [1.54, 1.807) is 6.08 Å². The van der Waals surface area contributed by atoms with Gasteiger partial charge in [-0.3, -0.25) is 0 Å². The van der Waals surface area contributed by atoms with E-state index >= 15 is 0 Å². The van der Waals surface area contributed by atoms with Crippen LogP contribution in [-0.4, -0.2) is 22.8 Å². The van der Waals surface area contributed by atoms with Crippen molar-refractivity contribution >= 4 is 22.8 Å². The SMILES string of the molecule is [2H]C1=C(C=C)C2=CC3=NC(=CC4=NC(=CC5=NC(=CC1=N2)C=C5)C=C4)C=C3. The monoisotopic (exact) mass is 335 g/mol. The number of nitrogens with zero attached hydrogens (tertiary/aromatic N) is 4. The Kier molecular flexibility index (Phi) is 2.99. The molecule has 5 aliphatic rings. The zero-order valence-electron chi connectivity index (χ0n) is 14.8. The fraction of sp³-hybridized carbons (Fsp3) is 0. The van der Waals surface area contributed by atoms with Crippen LogP contribution in [0.2, 0.25) is 0 Å². The van der Waals surface area contributed by atoms with Crippen LogP contribution in [0.15, 0.2) is 128 Å². The quantitative estimate of drug-likeness (QED) is 0.692. The van der Waals surface area contributed by atoms with Crippen molar-refractivity contribution in [3.05, 3.63) is 108 Å². The lowest BCUT2D eigenvalue weighted by molar-refractivity contribution is 1.39. The van der Waals surface area contributed by atoms with Gasteiger partial charge in [0.1, 0.15) is 0 Å². The predicted molar refractivity (Wildman–Crippen MR) is 108 cm³/mol. The first-order valence-corrected chi connectivity index (χ1v) is 8.28. The van der Waals surface area contributed by atoms with Crippen molar-refractivity contribution in [1.29, 1.82) is 0 Å². The molecular formula is C22H14N4. The van der Waals surface area contributed by atoms with Crippen LogP contribution in [0, 0.1) is 0 Å². The highest BCUT2D eigenvalue weighted by Gasteiger charge is 2.14. The van der Waals surface area contributed by atoms with Crippen molar-refractivity contribution in [3.8, 4) is 0 Å². The smallest absolute Gasteiger partial charge is 0.0731 e. The minimum absolute atomic E-state index is 0.342. The number of rotatable bonds is 1. The van der Waals surface area contributed by atoms with Gasteiger partial charge in [-0.2, -0.15) is 0 Å². The van der Waals surface area contributed by atoms with Crippen LogP contribution in [-0.2, 0) is 0 Å². The molecule has 4 heteroatoms. The van der Waals surface area contributed by atoms with Gasteiger partial charge in [-0.15, -0.1) is 0 Å². The van der Waals surface area contributed by atoms with Gasteiger partial charge in [-0.1, -0.05) is 12.7 Å². The highest BCUT2D eigenvalue weighted by atomic mass is 14.8. The highest BCUT2D eigenvalue weighted by molar-refractivity contribution is 6.15. The van der Waals surface area contributed by atoms with Crippen molar-refractivity contribution in [3.63, 3.8) is 0 Å². The van der Waals surface area contributed by atoms with Crippen molar-refractivity contribution in [1.82, 2.24) is 0 Å². The van der Waals surface area contributed by atoms with Gasteiger partial charge in [0.15, 0.2) is 0 Å². The van der Waals surface area contributed by atoms with Crippen molar-refractivity contribution < 1.29 is 1.37 Å². The Morgan fingerprint density at radius 1 is 0.654 bits per heavy atom. The molecule has 0 aromatic heterocycles. The minimum atomic E-state index is 0.342. The average molecular weight is 335 g/mol. The molecule has 8 bridgehead atoms. The molecular weight excluding hydrogens is 320 g/mol. The molecule has 0 amide bonds. The molecule has 26 heavy (non-hydrogen) atoms. The molecule has 0 spiro atoms. The largest absolute Gasteiger partial charge is 0.249 e. The summed E-state index contributed by atoms with van der Waals surface area (Å²) < 4.78 is 8.41. The maximum atomic E-state index is 8.41. The first kappa shape index (κ1) is 13.6. The summed E-state index contributed by atoms with van der Waals surface area (Å²) in [4.78, 5) is 18.4. The van der Waals surface area contributed by atoms with E-state index in [2.05, 4.69) is 26.5 Å². The van der Waals surface area contributed by atoms with Crippen LogP contribution in [0.4, 0.5) is 0 Å². The second-order valence-corrected chi connectivity index (χ2v) is 6.09. The molecule has 0 fully saturated rings. The van der Waals surface area contributed by atoms with E-state index in [1.807, 2.05) is 60.8 Å². The van der Waals surface area contributed by atoms with Gasteiger partial charge in [0.05, 0.1) is 47.0 Å². The summed E-state index contributed by atoms with van der Waals surface area (Å²) >= 11 is 0. The lowest BCUT2D eigenvalue weighted by Gasteiger charge is -1.96. The second kappa shape index (κ2) is 5.70. The Hall–Kier alpha value is -3.66. The molecule has 5 heterocycles. The van der Waals surface area contributed by atoms with E-state index in [1.165, 1.54) is 0 Å². The Morgan fingerprint density at radius 3 is 1.69 bits per heavy atom. The molecule has 0 unspecified atom stereocenters. The molecule has 5 rings (SSSR count). The average Bonchev–Trinajstić information content (AvgIpc) is 3.41. The van der Waals surface area contributed by atoms with E-state index in [4.69, 9.17) is 1.37 Å². The van der Waals surface area contributed by atoms with E-state index < -0.39 is 0 Å². The van der Waals surface area contributed by atoms with Crippen LogP contribution in [0.5, 0.6) is 0 Å². The lowest BCUT2D eigenvalue weighted by atomic mass is 10.1. The standard InChI is InChI=1S/C22H14N4/c1-2-14-9-21-12-19-6-5-17(24-19)10-15-3-4-16(23-15)11-18-7-8-20(25-18)13-22(14)26-21/h2-13H,1H2/i9D. The van der Waals surface area contributed by atoms with Crippen LogP contribution in [0.1, 0.15) is 1.37 Å². The molecule has 0 N–H and O–H groups in total.